The molecule has 0 atom stereocenters. The van der Waals surface area contributed by atoms with Crippen LogP contribution in [-0.2, 0) is 0 Å². The van der Waals surface area contributed by atoms with Crippen molar-refractivity contribution in [3.05, 3.63) is 22.3 Å². The molecule has 0 amide bonds. The van der Waals surface area contributed by atoms with Crippen molar-refractivity contribution in [1.29, 1.82) is 0 Å². The highest BCUT2D eigenvalue weighted by Gasteiger charge is 2.11. The Bertz CT molecular complexity index is 326. The van der Waals surface area contributed by atoms with E-state index in [2.05, 4.69) is 52.7 Å². The lowest BCUT2D eigenvalue weighted by Gasteiger charge is -2.27. The van der Waals surface area contributed by atoms with Crippen molar-refractivity contribution in [3.63, 3.8) is 0 Å². The van der Waals surface area contributed by atoms with Crippen molar-refractivity contribution < 1.29 is 0 Å². The van der Waals surface area contributed by atoms with Gasteiger partial charge in [0.2, 0.25) is 0 Å². The summed E-state index contributed by atoms with van der Waals surface area (Å²) in [6, 6.07) is 2.50. The topological polar surface area (TPSA) is 42.1 Å². The van der Waals surface area contributed by atoms with Crippen LogP contribution in [0.1, 0.15) is 19.4 Å². The van der Waals surface area contributed by atoms with Gasteiger partial charge in [0.25, 0.3) is 0 Å². The van der Waals surface area contributed by atoms with Gasteiger partial charge in [-0.2, -0.15) is 0 Å². The number of hydrogen-bond donors (Lipinski definition) is 1. The van der Waals surface area contributed by atoms with Crippen molar-refractivity contribution in [2.45, 2.75) is 26.8 Å². The predicted octanol–water partition coefficient (Wildman–Crippen LogP) is 2.33. The standard InChI is InChI=1S/C11H18BrN3/c1-8(2)15(5-4-13)11-6-9(3)10(12)7-14-11/h6-8H,4-5,13H2,1-3H3. The lowest BCUT2D eigenvalue weighted by molar-refractivity contribution is 0.674. The van der Waals surface area contributed by atoms with Crippen LogP contribution < -0.4 is 10.6 Å². The molecule has 1 rings (SSSR count). The molecule has 4 heteroatoms. The molecule has 0 bridgehead atoms. The summed E-state index contributed by atoms with van der Waals surface area (Å²) in [5, 5.41) is 0. The van der Waals surface area contributed by atoms with Crippen molar-refractivity contribution in [3.8, 4) is 0 Å². The van der Waals surface area contributed by atoms with E-state index >= 15 is 0 Å². The van der Waals surface area contributed by atoms with Crippen molar-refractivity contribution in [2.75, 3.05) is 18.0 Å². The first-order valence-electron chi connectivity index (χ1n) is 5.15. The van der Waals surface area contributed by atoms with E-state index in [1.807, 2.05) is 6.20 Å². The van der Waals surface area contributed by atoms with Crippen LogP contribution in [-0.4, -0.2) is 24.1 Å². The Labute approximate surface area is 99.8 Å². The zero-order valence-electron chi connectivity index (χ0n) is 9.50. The fraction of sp³-hybridized carbons (Fsp3) is 0.545. The second-order valence-corrected chi connectivity index (χ2v) is 4.72. The number of nitrogens with two attached hydrogens (primary N) is 1. The number of aryl methyl sites for hydroxylation is 1. The van der Waals surface area contributed by atoms with Crippen molar-refractivity contribution in [2.24, 2.45) is 5.73 Å². The molecule has 0 aliphatic heterocycles. The summed E-state index contributed by atoms with van der Waals surface area (Å²) in [5.41, 5.74) is 6.79. The summed E-state index contributed by atoms with van der Waals surface area (Å²) < 4.78 is 1.04. The van der Waals surface area contributed by atoms with Gasteiger partial charge in [0, 0.05) is 29.8 Å². The number of aromatic nitrogens is 1. The number of nitrogens with zero attached hydrogens (tertiary/aromatic N) is 2. The van der Waals surface area contributed by atoms with Crippen LogP contribution in [0, 0.1) is 6.92 Å². The van der Waals surface area contributed by atoms with E-state index in [9.17, 15) is 0 Å². The first-order valence-corrected chi connectivity index (χ1v) is 5.94. The van der Waals surface area contributed by atoms with Gasteiger partial charge < -0.3 is 10.6 Å². The molecular weight excluding hydrogens is 254 g/mol. The average Bonchev–Trinajstić information content (AvgIpc) is 2.18. The Morgan fingerprint density at radius 3 is 2.67 bits per heavy atom. The van der Waals surface area contributed by atoms with Crippen molar-refractivity contribution >= 4 is 21.7 Å². The molecule has 3 nitrogen and oxygen atoms in total. The minimum absolute atomic E-state index is 0.418. The fourth-order valence-electron chi connectivity index (χ4n) is 1.46. The molecule has 84 valence electrons. The highest BCUT2D eigenvalue weighted by Crippen LogP contribution is 2.21. The quantitative estimate of drug-likeness (QED) is 0.914. The fourth-order valence-corrected chi connectivity index (χ4v) is 1.67. The van der Waals surface area contributed by atoms with Crippen molar-refractivity contribution in [1.82, 2.24) is 4.98 Å². The molecule has 1 heterocycles. The Hall–Kier alpha value is -0.610. The number of halogens is 1. The number of hydrogen-bond acceptors (Lipinski definition) is 3. The Kier molecular flexibility index (Phi) is 4.54. The van der Waals surface area contributed by atoms with E-state index in [0.29, 0.717) is 12.6 Å². The SMILES string of the molecule is Cc1cc(N(CCN)C(C)C)ncc1Br. The first-order chi connectivity index (χ1) is 7.06. The highest BCUT2D eigenvalue weighted by molar-refractivity contribution is 9.10. The van der Waals surface area contributed by atoms with Crippen LogP contribution in [0.2, 0.25) is 0 Å². The van der Waals surface area contributed by atoms with Gasteiger partial charge in [-0.05, 0) is 48.3 Å². The zero-order chi connectivity index (χ0) is 11.4. The maximum atomic E-state index is 5.59. The van der Waals surface area contributed by atoms with E-state index in [1.54, 1.807) is 0 Å². The van der Waals surface area contributed by atoms with Crippen LogP contribution in [0.5, 0.6) is 0 Å². The molecule has 0 fully saturated rings. The molecule has 0 aliphatic rings. The minimum atomic E-state index is 0.418. The van der Waals surface area contributed by atoms with Gasteiger partial charge in [-0.25, -0.2) is 4.98 Å². The molecule has 0 saturated carbocycles. The number of rotatable bonds is 4. The lowest BCUT2D eigenvalue weighted by Crippen LogP contribution is -2.36. The van der Waals surface area contributed by atoms with Gasteiger partial charge in [-0.15, -0.1) is 0 Å². The summed E-state index contributed by atoms with van der Waals surface area (Å²) in [6.45, 7) is 7.85. The van der Waals surface area contributed by atoms with Gasteiger partial charge in [0.15, 0.2) is 0 Å². The summed E-state index contributed by atoms with van der Waals surface area (Å²) in [4.78, 5) is 6.61. The highest BCUT2D eigenvalue weighted by atomic mass is 79.9. The molecule has 1 aromatic rings. The van der Waals surface area contributed by atoms with Gasteiger partial charge in [-0.1, -0.05) is 0 Å². The van der Waals surface area contributed by atoms with E-state index in [1.165, 1.54) is 5.56 Å². The second-order valence-electron chi connectivity index (χ2n) is 3.87. The normalized spacial score (nSPS) is 10.8. The molecule has 0 aliphatic carbocycles. The van der Waals surface area contributed by atoms with Gasteiger partial charge in [0.1, 0.15) is 5.82 Å². The van der Waals surface area contributed by atoms with E-state index < -0.39 is 0 Å². The zero-order valence-corrected chi connectivity index (χ0v) is 11.1. The lowest BCUT2D eigenvalue weighted by atomic mass is 10.2. The Balaban J connectivity index is 2.95. The molecular formula is C11H18BrN3. The minimum Gasteiger partial charge on any atom is -0.353 e. The third kappa shape index (κ3) is 3.18. The maximum Gasteiger partial charge on any atom is 0.129 e. The molecule has 0 radical (unpaired) electrons. The van der Waals surface area contributed by atoms with Gasteiger partial charge in [0.05, 0.1) is 0 Å². The molecule has 0 unspecified atom stereocenters. The second kappa shape index (κ2) is 5.47. The van der Waals surface area contributed by atoms with E-state index in [-0.39, 0.29) is 0 Å². The molecule has 0 spiro atoms. The van der Waals surface area contributed by atoms with E-state index in [0.717, 1.165) is 16.8 Å². The van der Waals surface area contributed by atoms with Crippen LogP contribution in [0.15, 0.2) is 16.7 Å². The Morgan fingerprint density at radius 2 is 2.20 bits per heavy atom. The molecule has 0 saturated heterocycles. The van der Waals surface area contributed by atoms with Gasteiger partial charge in [-0.3, -0.25) is 0 Å². The molecule has 1 aromatic heterocycles. The summed E-state index contributed by atoms with van der Waals surface area (Å²) in [6.07, 6.45) is 1.84. The average molecular weight is 272 g/mol. The monoisotopic (exact) mass is 271 g/mol. The molecule has 0 aromatic carbocycles. The summed E-state index contributed by atoms with van der Waals surface area (Å²) in [5.74, 6) is 0.996. The molecule has 2 N–H and O–H groups in total. The third-order valence-corrected chi connectivity index (χ3v) is 3.15. The van der Waals surface area contributed by atoms with Crippen LogP contribution in [0.25, 0.3) is 0 Å². The smallest absolute Gasteiger partial charge is 0.129 e. The van der Waals surface area contributed by atoms with Crippen LogP contribution in [0.3, 0.4) is 0 Å². The van der Waals surface area contributed by atoms with Gasteiger partial charge >= 0.3 is 0 Å². The first kappa shape index (κ1) is 12.5. The van der Waals surface area contributed by atoms with E-state index in [4.69, 9.17) is 5.73 Å². The Morgan fingerprint density at radius 1 is 1.53 bits per heavy atom. The molecule has 15 heavy (non-hydrogen) atoms. The summed E-state index contributed by atoms with van der Waals surface area (Å²) >= 11 is 3.45. The van der Waals surface area contributed by atoms with Crippen LogP contribution in [0.4, 0.5) is 5.82 Å². The maximum absolute atomic E-state index is 5.59. The number of anilines is 1. The number of pyridine rings is 1. The largest absolute Gasteiger partial charge is 0.353 e. The van der Waals surface area contributed by atoms with Crippen LogP contribution >= 0.6 is 15.9 Å². The summed E-state index contributed by atoms with van der Waals surface area (Å²) in [7, 11) is 0. The predicted molar refractivity (Wildman–Crippen MR) is 68.2 cm³/mol. The third-order valence-electron chi connectivity index (χ3n) is 2.32.